The number of nitriles is 1. The SMILES string of the molecule is COC(=O)[C@@H]1CCCN(c2c(C#N)c(=O)n(C)c(=O)n2C)C1. The lowest BCUT2D eigenvalue weighted by atomic mass is 9.98. The van der Waals surface area contributed by atoms with Crippen LogP contribution in [0.25, 0.3) is 0 Å². The van der Waals surface area contributed by atoms with Gasteiger partial charge in [0.25, 0.3) is 5.56 Å². The Bertz CT molecular complexity index is 756. The molecule has 2 heterocycles. The molecular formula is C14H18N4O4. The normalized spacial score (nSPS) is 17.9. The fourth-order valence-corrected chi connectivity index (χ4v) is 2.83. The molecule has 0 aromatic carbocycles. The lowest BCUT2D eigenvalue weighted by Gasteiger charge is -2.34. The molecule has 1 aliphatic rings. The number of methoxy groups -OCH3 is 1. The molecule has 1 fully saturated rings. The Hall–Kier alpha value is -2.56. The number of ether oxygens (including phenoxy) is 1. The van der Waals surface area contributed by atoms with Crippen molar-refractivity contribution in [1.82, 2.24) is 9.13 Å². The van der Waals surface area contributed by atoms with E-state index in [-0.39, 0.29) is 23.3 Å². The summed E-state index contributed by atoms with van der Waals surface area (Å²) in [7, 11) is 4.18. The van der Waals surface area contributed by atoms with Crippen molar-refractivity contribution in [2.24, 2.45) is 20.0 Å². The van der Waals surface area contributed by atoms with E-state index in [1.54, 1.807) is 4.90 Å². The second-order valence-corrected chi connectivity index (χ2v) is 5.32. The van der Waals surface area contributed by atoms with Crippen LogP contribution in [0.2, 0.25) is 0 Å². The predicted octanol–water partition coefficient (Wildman–Crippen LogP) is -0.655. The molecule has 1 aromatic rings. The van der Waals surface area contributed by atoms with E-state index in [9.17, 15) is 19.6 Å². The predicted molar refractivity (Wildman–Crippen MR) is 78.6 cm³/mol. The van der Waals surface area contributed by atoms with Crippen LogP contribution in [0.5, 0.6) is 0 Å². The minimum Gasteiger partial charge on any atom is -0.469 e. The van der Waals surface area contributed by atoms with Gasteiger partial charge in [0.1, 0.15) is 11.9 Å². The summed E-state index contributed by atoms with van der Waals surface area (Å²) in [6.45, 7) is 0.893. The first-order valence-electron chi connectivity index (χ1n) is 6.95. The molecule has 118 valence electrons. The number of hydrogen-bond acceptors (Lipinski definition) is 6. The minimum atomic E-state index is -0.624. The van der Waals surface area contributed by atoms with Gasteiger partial charge < -0.3 is 9.64 Å². The summed E-state index contributed by atoms with van der Waals surface area (Å²) in [5, 5.41) is 9.29. The molecule has 1 aliphatic heterocycles. The molecule has 0 bridgehead atoms. The molecule has 1 atom stereocenters. The van der Waals surface area contributed by atoms with Crippen LogP contribution in [-0.2, 0) is 23.6 Å². The van der Waals surface area contributed by atoms with Crippen molar-refractivity contribution < 1.29 is 9.53 Å². The minimum absolute atomic E-state index is 0.0879. The molecule has 8 nitrogen and oxygen atoms in total. The maximum absolute atomic E-state index is 12.1. The third kappa shape index (κ3) is 2.50. The zero-order chi connectivity index (χ0) is 16.4. The summed E-state index contributed by atoms with van der Waals surface area (Å²) >= 11 is 0. The molecule has 0 aliphatic carbocycles. The molecule has 0 saturated carbocycles. The lowest BCUT2D eigenvalue weighted by Crippen LogP contribution is -2.46. The van der Waals surface area contributed by atoms with E-state index < -0.39 is 11.2 Å². The van der Waals surface area contributed by atoms with Gasteiger partial charge in [-0.1, -0.05) is 0 Å². The standard InChI is InChI=1S/C14H18N4O4/c1-16-11(10(7-15)12(19)17(2)14(16)21)18-6-4-5-9(8-18)13(20)22-3/h9H,4-6,8H2,1-3H3/t9-/m1/s1. The van der Waals surface area contributed by atoms with E-state index in [1.165, 1.54) is 25.8 Å². The number of nitrogens with zero attached hydrogens (tertiary/aromatic N) is 4. The molecule has 1 saturated heterocycles. The van der Waals surface area contributed by atoms with Crippen LogP contribution in [0, 0.1) is 17.2 Å². The molecule has 0 radical (unpaired) electrons. The maximum atomic E-state index is 12.1. The van der Waals surface area contributed by atoms with Crippen molar-refractivity contribution in [3.05, 3.63) is 26.4 Å². The Kier molecular flexibility index (Phi) is 4.35. The highest BCUT2D eigenvalue weighted by atomic mass is 16.5. The Morgan fingerprint density at radius 1 is 1.32 bits per heavy atom. The van der Waals surface area contributed by atoms with Crippen LogP contribution in [0.3, 0.4) is 0 Å². The summed E-state index contributed by atoms with van der Waals surface area (Å²) in [6, 6.07) is 1.88. The van der Waals surface area contributed by atoms with Gasteiger partial charge in [-0.2, -0.15) is 5.26 Å². The summed E-state index contributed by atoms with van der Waals surface area (Å²) in [5.41, 5.74) is -1.21. The van der Waals surface area contributed by atoms with Gasteiger partial charge >= 0.3 is 11.7 Å². The van der Waals surface area contributed by atoms with E-state index in [4.69, 9.17) is 4.74 Å². The fraction of sp³-hybridized carbons (Fsp3) is 0.571. The van der Waals surface area contributed by atoms with Gasteiger partial charge in [-0.05, 0) is 12.8 Å². The highest BCUT2D eigenvalue weighted by Crippen LogP contribution is 2.24. The monoisotopic (exact) mass is 306 g/mol. The smallest absolute Gasteiger partial charge is 0.332 e. The number of hydrogen-bond donors (Lipinski definition) is 0. The maximum Gasteiger partial charge on any atom is 0.332 e. The second kappa shape index (κ2) is 6.05. The highest BCUT2D eigenvalue weighted by molar-refractivity contribution is 5.73. The molecule has 0 amide bonds. The second-order valence-electron chi connectivity index (χ2n) is 5.32. The quantitative estimate of drug-likeness (QED) is 0.673. The van der Waals surface area contributed by atoms with E-state index in [1.807, 2.05) is 6.07 Å². The Morgan fingerprint density at radius 2 is 2.00 bits per heavy atom. The number of esters is 1. The Morgan fingerprint density at radius 3 is 2.59 bits per heavy atom. The average Bonchev–Trinajstić information content (AvgIpc) is 2.55. The van der Waals surface area contributed by atoms with Gasteiger partial charge in [0.2, 0.25) is 0 Å². The first-order chi connectivity index (χ1) is 10.4. The summed E-state index contributed by atoms with van der Waals surface area (Å²) in [4.78, 5) is 37.7. The van der Waals surface area contributed by atoms with Crippen molar-refractivity contribution in [2.75, 3.05) is 25.1 Å². The van der Waals surface area contributed by atoms with Gasteiger partial charge in [0.15, 0.2) is 5.56 Å². The summed E-state index contributed by atoms with van der Waals surface area (Å²) in [5.74, 6) is -0.384. The molecular weight excluding hydrogens is 288 g/mol. The van der Waals surface area contributed by atoms with Crippen LogP contribution in [0.15, 0.2) is 9.59 Å². The van der Waals surface area contributed by atoms with Gasteiger partial charge in [-0.3, -0.25) is 18.7 Å². The van der Waals surface area contributed by atoms with Gasteiger partial charge in [-0.25, -0.2) is 4.79 Å². The zero-order valence-corrected chi connectivity index (χ0v) is 12.8. The molecule has 8 heteroatoms. The highest BCUT2D eigenvalue weighted by Gasteiger charge is 2.30. The largest absolute Gasteiger partial charge is 0.469 e. The Balaban J connectivity index is 2.53. The van der Waals surface area contributed by atoms with Gasteiger partial charge in [0, 0.05) is 27.2 Å². The van der Waals surface area contributed by atoms with Gasteiger partial charge in [-0.15, -0.1) is 0 Å². The number of carbonyl (C=O) groups excluding carboxylic acids is 1. The lowest BCUT2D eigenvalue weighted by molar-refractivity contribution is -0.145. The molecule has 0 unspecified atom stereocenters. The van der Waals surface area contributed by atoms with E-state index >= 15 is 0 Å². The third-order valence-electron chi connectivity index (χ3n) is 4.00. The molecule has 2 rings (SSSR count). The Labute approximate surface area is 127 Å². The number of rotatable bonds is 2. The van der Waals surface area contributed by atoms with Crippen LogP contribution in [0.1, 0.15) is 18.4 Å². The molecule has 0 spiro atoms. The van der Waals surface area contributed by atoms with Crippen LogP contribution < -0.4 is 16.1 Å². The van der Waals surface area contributed by atoms with Crippen molar-refractivity contribution in [2.45, 2.75) is 12.8 Å². The van der Waals surface area contributed by atoms with E-state index in [0.29, 0.717) is 25.9 Å². The molecule has 0 N–H and O–H groups in total. The van der Waals surface area contributed by atoms with Crippen molar-refractivity contribution in [3.8, 4) is 6.07 Å². The van der Waals surface area contributed by atoms with E-state index in [2.05, 4.69) is 0 Å². The molecule has 1 aromatic heterocycles. The number of anilines is 1. The van der Waals surface area contributed by atoms with Crippen LogP contribution in [0.4, 0.5) is 5.82 Å². The van der Waals surface area contributed by atoms with Crippen molar-refractivity contribution >= 4 is 11.8 Å². The topological polar surface area (TPSA) is 97.3 Å². The molecule has 22 heavy (non-hydrogen) atoms. The number of piperidine rings is 1. The number of aromatic nitrogens is 2. The number of carbonyl (C=O) groups is 1. The van der Waals surface area contributed by atoms with Gasteiger partial charge in [0.05, 0.1) is 13.0 Å². The third-order valence-corrected chi connectivity index (χ3v) is 4.00. The first kappa shape index (κ1) is 15.8. The zero-order valence-electron chi connectivity index (χ0n) is 12.8. The first-order valence-corrected chi connectivity index (χ1v) is 6.95. The summed E-state index contributed by atoms with van der Waals surface area (Å²) < 4.78 is 6.95. The van der Waals surface area contributed by atoms with Crippen LogP contribution >= 0.6 is 0 Å². The summed E-state index contributed by atoms with van der Waals surface area (Å²) in [6.07, 6.45) is 1.40. The van der Waals surface area contributed by atoms with Crippen LogP contribution in [-0.4, -0.2) is 35.3 Å². The van der Waals surface area contributed by atoms with E-state index in [0.717, 1.165) is 4.57 Å². The van der Waals surface area contributed by atoms with Crippen molar-refractivity contribution in [1.29, 1.82) is 5.26 Å². The average molecular weight is 306 g/mol. The fourth-order valence-electron chi connectivity index (χ4n) is 2.83. The van der Waals surface area contributed by atoms with Crippen molar-refractivity contribution in [3.63, 3.8) is 0 Å².